The first kappa shape index (κ1) is 25.5. The molecule has 1 aliphatic heterocycles. The first-order chi connectivity index (χ1) is 19.0. The second-order valence-corrected chi connectivity index (χ2v) is 11.0. The Bertz CT molecular complexity index is 1550. The fraction of sp³-hybridized carbons (Fsp3) is 0.387. The Balaban J connectivity index is 1.19. The van der Waals surface area contributed by atoms with Crippen LogP contribution in [0.2, 0.25) is 0 Å². The zero-order valence-electron chi connectivity index (χ0n) is 23.0. The summed E-state index contributed by atoms with van der Waals surface area (Å²) in [6.07, 6.45) is 9.42. The quantitative estimate of drug-likeness (QED) is 0.282. The number of benzene rings is 2. The number of unbranched alkanes of at least 4 members (excludes halogenated alkanes) is 1. The zero-order valence-corrected chi connectivity index (χ0v) is 23.0. The summed E-state index contributed by atoms with van der Waals surface area (Å²) in [5.74, 6) is 0.503. The second kappa shape index (κ2) is 11.2. The lowest BCUT2D eigenvalue weighted by molar-refractivity contribution is 0.143. The third kappa shape index (κ3) is 5.53. The minimum atomic E-state index is 0.503. The molecule has 8 heteroatoms. The second-order valence-electron chi connectivity index (χ2n) is 11.0. The van der Waals surface area contributed by atoms with E-state index in [-0.39, 0.29) is 0 Å². The number of nitrogens with two attached hydrogens (primary N) is 1. The molecule has 0 saturated carbocycles. The van der Waals surface area contributed by atoms with Crippen LogP contribution in [-0.2, 0) is 13.0 Å². The summed E-state index contributed by atoms with van der Waals surface area (Å²) in [4.78, 5) is 9.30. The minimum absolute atomic E-state index is 0.503. The lowest BCUT2D eigenvalue weighted by atomic mass is 10.0. The molecule has 2 N–H and O–H groups in total. The maximum Gasteiger partial charge on any atom is 0.151 e. The van der Waals surface area contributed by atoms with Crippen molar-refractivity contribution in [2.75, 3.05) is 39.5 Å². The van der Waals surface area contributed by atoms with Crippen molar-refractivity contribution >= 4 is 22.2 Å². The van der Waals surface area contributed by atoms with E-state index >= 15 is 0 Å². The number of nitrogen functional groups attached to an aromatic ring is 1. The molecule has 0 unspecified atom stereocenters. The number of rotatable bonds is 9. The average Bonchev–Trinajstić information content (AvgIpc) is 3.53. The number of fused-ring (bicyclic) bond motifs is 2. The van der Waals surface area contributed by atoms with E-state index < -0.39 is 0 Å². The van der Waals surface area contributed by atoms with Crippen molar-refractivity contribution in [3.63, 3.8) is 0 Å². The van der Waals surface area contributed by atoms with E-state index in [0.29, 0.717) is 11.9 Å². The van der Waals surface area contributed by atoms with Crippen LogP contribution >= 0.6 is 0 Å². The van der Waals surface area contributed by atoms with Gasteiger partial charge in [0.25, 0.3) is 0 Å². The van der Waals surface area contributed by atoms with E-state index in [1.54, 1.807) is 6.33 Å². The Hall–Kier alpha value is -3.75. The largest absolute Gasteiger partial charge is 0.382 e. The number of nitrogens with zero attached hydrogens (tertiary/aromatic N) is 7. The maximum absolute atomic E-state index is 6.40. The molecule has 0 atom stereocenters. The summed E-state index contributed by atoms with van der Waals surface area (Å²) in [5.41, 5.74) is 12.8. The number of anilines is 1. The molecule has 1 fully saturated rings. The van der Waals surface area contributed by atoms with Crippen molar-refractivity contribution in [1.82, 2.24) is 34.2 Å². The van der Waals surface area contributed by atoms with Crippen molar-refractivity contribution in [3.8, 4) is 11.1 Å². The van der Waals surface area contributed by atoms with Gasteiger partial charge >= 0.3 is 0 Å². The van der Waals surface area contributed by atoms with Gasteiger partial charge in [-0.15, -0.1) is 0 Å². The van der Waals surface area contributed by atoms with Crippen molar-refractivity contribution in [1.29, 1.82) is 0 Å². The van der Waals surface area contributed by atoms with Crippen LogP contribution in [0.3, 0.4) is 0 Å². The van der Waals surface area contributed by atoms with Crippen LogP contribution in [0.15, 0.2) is 67.1 Å². The molecule has 39 heavy (non-hydrogen) atoms. The molecule has 3 aromatic heterocycles. The van der Waals surface area contributed by atoms with Gasteiger partial charge in [-0.05, 0) is 89.1 Å². The fourth-order valence-corrected chi connectivity index (χ4v) is 5.90. The Morgan fingerprint density at radius 2 is 1.85 bits per heavy atom. The lowest BCUT2D eigenvalue weighted by Crippen LogP contribution is -2.42. The Morgan fingerprint density at radius 3 is 2.67 bits per heavy atom. The maximum atomic E-state index is 6.40. The van der Waals surface area contributed by atoms with Gasteiger partial charge in [0.2, 0.25) is 0 Å². The number of aryl methyl sites for hydroxylation is 1. The smallest absolute Gasteiger partial charge is 0.151 e. The van der Waals surface area contributed by atoms with Crippen LogP contribution in [-0.4, -0.2) is 73.9 Å². The number of likely N-dealkylation sites (tertiary alicyclic amines) is 1. The molecule has 2 aromatic carbocycles. The summed E-state index contributed by atoms with van der Waals surface area (Å²) in [6, 6.07) is 19.8. The summed E-state index contributed by atoms with van der Waals surface area (Å²) in [6.45, 7) is 4.28. The fourth-order valence-electron chi connectivity index (χ4n) is 5.90. The summed E-state index contributed by atoms with van der Waals surface area (Å²) in [5, 5.41) is 10.6. The van der Waals surface area contributed by atoms with E-state index in [1.807, 2.05) is 15.3 Å². The van der Waals surface area contributed by atoms with Gasteiger partial charge in [0.1, 0.15) is 11.8 Å². The van der Waals surface area contributed by atoms with Gasteiger partial charge in [0.05, 0.1) is 12.1 Å². The van der Waals surface area contributed by atoms with Crippen LogP contribution in [0.4, 0.5) is 5.82 Å². The highest BCUT2D eigenvalue weighted by molar-refractivity contribution is 5.92. The minimum Gasteiger partial charge on any atom is -0.382 e. The van der Waals surface area contributed by atoms with Gasteiger partial charge in [-0.3, -0.25) is 4.68 Å². The number of hydrogen-bond donors (Lipinski definition) is 1. The molecule has 0 bridgehead atoms. The molecule has 0 aliphatic carbocycles. The molecular formula is C31H38N8. The SMILES string of the molecule is CN1CCC(N(C)CCCCc2cc(-c3ccc4cn(Cc5ccccc5)nc4c3)c3c(N)ncnn23)CC1. The molecule has 0 amide bonds. The highest BCUT2D eigenvalue weighted by Gasteiger charge is 2.20. The van der Waals surface area contributed by atoms with Crippen LogP contribution in [0.5, 0.6) is 0 Å². The lowest BCUT2D eigenvalue weighted by Gasteiger charge is -2.35. The molecule has 202 valence electrons. The molecule has 4 heterocycles. The van der Waals surface area contributed by atoms with Crippen molar-refractivity contribution in [2.45, 2.75) is 44.7 Å². The Morgan fingerprint density at radius 1 is 1.03 bits per heavy atom. The third-order valence-corrected chi connectivity index (χ3v) is 8.21. The number of hydrogen-bond acceptors (Lipinski definition) is 6. The predicted molar refractivity (Wildman–Crippen MR) is 158 cm³/mol. The first-order valence-corrected chi connectivity index (χ1v) is 14.1. The summed E-state index contributed by atoms with van der Waals surface area (Å²) >= 11 is 0. The van der Waals surface area contributed by atoms with Gasteiger partial charge in [0.15, 0.2) is 5.82 Å². The average molecular weight is 523 g/mol. The molecule has 6 rings (SSSR count). The van der Waals surface area contributed by atoms with E-state index in [0.717, 1.165) is 59.9 Å². The summed E-state index contributed by atoms with van der Waals surface area (Å²) in [7, 11) is 4.51. The zero-order chi connectivity index (χ0) is 26.8. The Kier molecular flexibility index (Phi) is 7.30. The molecule has 0 radical (unpaired) electrons. The monoisotopic (exact) mass is 522 g/mol. The summed E-state index contributed by atoms with van der Waals surface area (Å²) < 4.78 is 3.99. The van der Waals surface area contributed by atoms with Crippen molar-refractivity contribution in [2.24, 2.45) is 0 Å². The van der Waals surface area contributed by atoms with Gasteiger partial charge in [-0.1, -0.05) is 42.5 Å². The van der Waals surface area contributed by atoms with Crippen molar-refractivity contribution in [3.05, 3.63) is 78.4 Å². The molecule has 5 aromatic rings. The molecule has 0 spiro atoms. The van der Waals surface area contributed by atoms with Gasteiger partial charge in [0, 0.05) is 28.9 Å². The highest BCUT2D eigenvalue weighted by Crippen LogP contribution is 2.32. The molecule has 1 aliphatic rings. The van der Waals surface area contributed by atoms with Gasteiger partial charge in [-0.25, -0.2) is 9.50 Å². The van der Waals surface area contributed by atoms with E-state index in [4.69, 9.17) is 10.8 Å². The molecule has 8 nitrogen and oxygen atoms in total. The van der Waals surface area contributed by atoms with Gasteiger partial charge in [-0.2, -0.15) is 10.2 Å². The van der Waals surface area contributed by atoms with E-state index in [1.165, 1.54) is 37.2 Å². The van der Waals surface area contributed by atoms with Crippen LogP contribution in [0, 0.1) is 0 Å². The number of piperidine rings is 1. The first-order valence-electron chi connectivity index (χ1n) is 14.1. The van der Waals surface area contributed by atoms with E-state index in [2.05, 4.69) is 88.7 Å². The predicted octanol–water partition coefficient (Wildman–Crippen LogP) is 4.73. The molecule has 1 saturated heterocycles. The Labute approximate surface area is 230 Å². The van der Waals surface area contributed by atoms with Crippen molar-refractivity contribution < 1.29 is 0 Å². The van der Waals surface area contributed by atoms with Gasteiger partial charge < -0.3 is 15.5 Å². The van der Waals surface area contributed by atoms with Crippen LogP contribution in [0.25, 0.3) is 27.5 Å². The molecular weight excluding hydrogens is 484 g/mol. The highest BCUT2D eigenvalue weighted by atomic mass is 15.3. The topological polar surface area (TPSA) is 80.5 Å². The van der Waals surface area contributed by atoms with Crippen LogP contribution in [0.1, 0.15) is 36.9 Å². The van der Waals surface area contributed by atoms with Crippen LogP contribution < -0.4 is 5.73 Å². The third-order valence-electron chi connectivity index (χ3n) is 8.21. The normalized spacial score (nSPS) is 15.2. The standard InChI is InChI=1S/C31H38N8/c1-36-16-13-26(14-17-36)37(2)15-7-6-10-27-19-28(30-31(32)33-22-34-39(27)30)24-11-12-25-21-38(35-29(25)18-24)20-23-8-4-3-5-9-23/h3-5,8-9,11-12,18-19,21-22,26H,6-7,10,13-17,20H2,1-2H3,(H2,32,33,34). The van der Waals surface area contributed by atoms with E-state index in [9.17, 15) is 0 Å². The number of aromatic nitrogens is 5.